The highest BCUT2D eigenvalue weighted by Crippen LogP contribution is 2.24. The molecule has 0 bridgehead atoms. The van der Waals surface area contributed by atoms with E-state index < -0.39 is 0 Å². The number of aromatic nitrogens is 1. The Labute approximate surface area is 147 Å². The molecule has 1 aliphatic heterocycles. The molecule has 0 radical (unpaired) electrons. The molecule has 0 unspecified atom stereocenters. The first-order chi connectivity index (χ1) is 11.6. The number of nitrogens with zero attached hydrogens (tertiary/aromatic N) is 2. The van der Waals surface area contributed by atoms with Crippen LogP contribution in [0.4, 0.5) is 4.79 Å². The standard InChI is InChI=1S/C18H24N4OS/c1-13-10-19-17(24-13)11-20-18(23)21-16-8-9-22(12-16)14(2)15-6-4-3-5-7-15/h3-7,10,14,16H,8-9,11-12H2,1-2H3,(H2,20,21,23)/t14-,16-/m1/s1. The number of aryl methyl sites for hydroxylation is 1. The van der Waals surface area contributed by atoms with Crippen LogP contribution in [0.15, 0.2) is 36.5 Å². The summed E-state index contributed by atoms with van der Waals surface area (Å²) >= 11 is 1.61. The fraction of sp³-hybridized carbons (Fsp3) is 0.444. The molecule has 0 aliphatic carbocycles. The molecule has 5 nitrogen and oxygen atoms in total. The van der Waals surface area contributed by atoms with Gasteiger partial charge in [0.05, 0.1) is 6.54 Å². The topological polar surface area (TPSA) is 57.3 Å². The van der Waals surface area contributed by atoms with Gasteiger partial charge in [-0.05, 0) is 25.8 Å². The van der Waals surface area contributed by atoms with E-state index in [0.717, 1.165) is 29.4 Å². The maximum absolute atomic E-state index is 12.1. The Bertz CT molecular complexity index is 673. The van der Waals surface area contributed by atoms with E-state index in [1.807, 2.05) is 19.2 Å². The minimum atomic E-state index is -0.109. The molecule has 0 spiro atoms. The molecule has 6 heteroatoms. The van der Waals surface area contributed by atoms with Crippen molar-refractivity contribution in [3.05, 3.63) is 52.0 Å². The number of carbonyl (C=O) groups excluding carboxylic acids is 1. The van der Waals surface area contributed by atoms with Crippen molar-refractivity contribution in [2.45, 2.75) is 38.9 Å². The molecule has 2 N–H and O–H groups in total. The zero-order valence-electron chi connectivity index (χ0n) is 14.2. The highest BCUT2D eigenvalue weighted by Gasteiger charge is 2.27. The van der Waals surface area contributed by atoms with Crippen molar-refractivity contribution in [2.24, 2.45) is 0 Å². The van der Waals surface area contributed by atoms with Gasteiger partial charge < -0.3 is 10.6 Å². The summed E-state index contributed by atoms with van der Waals surface area (Å²) in [7, 11) is 0. The van der Waals surface area contributed by atoms with Gasteiger partial charge in [0.2, 0.25) is 0 Å². The first-order valence-corrected chi connectivity index (χ1v) is 9.18. The third-order valence-electron chi connectivity index (χ3n) is 4.45. The van der Waals surface area contributed by atoms with E-state index in [2.05, 4.69) is 51.7 Å². The number of thiazole rings is 1. The second-order valence-corrected chi connectivity index (χ2v) is 7.58. The van der Waals surface area contributed by atoms with Gasteiger partial charge in [-0.1, -0.05) is 30.3 Å². The van der Waals surface area contributed by atoms with Gasteiger partial charge in [-0.25, -0.2) is 9.78 Å². The first kappa shape index (κ1) is 16.9. The average Bonchev–Trinajstić information content (AvgIpc) is 3.22. The number of hydrogen-bond donors (Lipinski definition) is 2. The molecule has 1 aromatic heterocycles. The highest BCUT2D eigenvalue weighted by atomic mass is 32.1. The number of urea groups is 1. The van der Waals surface area contributed by atoms with Crippen molar-refractivity contribution < 1.29 is 4.79 Å². The Morgan fingerprint density at radius 3 is 2.92 bits per heavy atom. The van der Waals surface area contributed by atoms with Crippen molar-refractivity contribution >= 4 is 17.4 Å². The van der Waals surface area contributed by atoms with E-state index in [0.29, 0.717) is 12.6 Å². The van der Waals surface area contributed by atoms with E-state index >= 15 is 0 Å². The summed E-state index contributed by atoms with van der Waals surface area (Å²) in [6, 6.07) is 11.0. The number of rotatable bonds is 5. The normalized spacial score (nSPS) is 19.2. The fourth-order valence-electron chi connectivity index (χ4n) is 3.07. The molecule has 0 saturated carbocycles. The van der Waals surface area contributed by atoms with E-state index in [1.165, 1.54) is 5.56 Å². The predicted octanol–water partition coefficient (Wildman–Crippen LogP) is 3.09. The van der Waals surface area contributed by atoms with Crippen molar-refractivity contribution in [1.82, 2.24) is 20.5 Å². The Morgan fingerprint density at radius 2 is 2.21 bits per heavy atom. The van der Waals surface area contributed by atoms with E-state index in [-0.39, 0.29) is 12.1 Å². The zero-order chi connectivity index (χ0) is 16.9. The van der Waals surface area contributed by atoms with Crippen LogP contribution in [0.25, 0.3) is 0 Å². The SMILES string of the molecule is Cc1cnc(CNC(=O)N[C@@H]2CCN([C@H](C)c3ccccc3)C2)s1. The van der Waals surface area contributed by atoms with Crippen molar-refractivity contribution in [3.63, 3.8) is 0 Å². The number of likely N-dealkylation sites (tertiary alicyclic amines) is 1. The molecule has 2 aromatic rings. The van der Waals surface area contributed by atoms with Gasteiger partial charge >= 0.3 is 6.03 Å². The van der Waals surface area contributed by atoms with Crippen molar-refractivity contribution in [2.75, 3.05) is 13.1 Å². The summed E-state index contributed by atoms with van der Waals surface area (Å²) in [5, 5.41) is 6.91. The molecule has 1 aliphatic rings. The number of carbonyl (C=O) groups is 1. The number of hydrogen-bond acceptors (Lipinski definition) is 4. The fourth-order valence-corrected chi connectivity index (χ4v) is 3.80. The maximum atomic E-state index is 12.1. The minimum absolute atomic E-state index is 0.109. The summed E-state index contributed by atoms with van der Waals surface area (Å²) in [4.78, 5) is 19.9. The Hall–Kier alpha value is -1.92. The lowest BCUT2D eigenvalue weighted by atomic mass is 10.1. The predicted molar refractivity (Wildman–Crippen MR) is 97.1 cm³/mol. The van der Waals surface area contributed by atoms with Gasteiger partial charge in [0.25, 0.3) is 0 Å². The van der Waals surface area contributed by atoms with Crippen LogP contribution in [0.5, 0.6) is 0 Å². The summed E-state index contributed by atoms with van der Waals surface area (Å²) < 4.78 is 0. The molecule has 128 valence electrons. The highest BCUT2D eigenvalue weighted by molar-refractivity contribution is 7.11. The lowest BCUT2D eigenvalue weighted by molar-refractivity contribution is 0.231. The molecule has 2 amide bonds. The van der Waals surface area contributed by atoms with Crippen LogP contribution in [0.1, 0.15) is 34.8 Å². The molecular weight excluding hydrogens is 320 g/mol. The molecular formula is C18H24N4OS. The summed E-state index contributed by atoms with van der Waals surface area (Å²) in [6.45, 7) is 6.62. The van der Waals surface area contributed by atoms with Crippen molar-refractivity contribution in [3.8, 4) is 0 Å². The summed E-state index contributed by atoms with van der Waals surface area (Å²) in [6.07, 6.45) is 2.82. The quantitative estimate of drug-likeness (QED) is 0.876. The molecule has 1 saturated heterocycles. The van der Waals surface area contributed by atoms with Crippen molar-refractivity contribution in [1.29, 1.82) is 0 Å². The van der Waals surface area contributed by atoms with Crippen LogP contribution in [0.2, 0.25) is 0 Å². The molecule has 2 atom stereocenters. The molecule has 1 fully saturated rings. The Morgan fingerprint density at radius 1 is 1.42 bits per heavy atom. The third kappa shape index (κ3) is 4.33. The van der Waals surface area contributed by atoms with Gasteiger partial charge in [-0.15, -0.1) is 11.3 Å². The van der Waals surface area contributed by atoms with Gasteiger partial charge in [-0.2, -0.15) is 0 Å². The summed E-state index contributed by atoms with van der Waals surface area (Å²) in [5.41, 5.74) is 1.32. The molecule has 3 rings (SSSR count). The van der Waals surface area contributed by atoms with Crippen LogP contribution in [0.3, 0.4) is 0 Å². The number of nitrogens with one attached hydrogen (secondary N) is 2. The van der Waals surface area contributed by atoms with E-state index in [9.17, 15) is 4.79 Å². The van der Waals surface area contributed by atoms with E-state index in [4.69, 9.17) is 0 Å². The lowest BCUT2D eigenvalue weighted by Crippen LogP contribution is -2.43. The second kappa shape index (κ2) is 7.77. The lowest BCUT2D eigenvalue weighted by Gasteiger charge is -2.24. The largest absolute Gasteiger partial charge is 0.334 e. The first-order valence-electron chi connectivity index (χ1n) is 8.36. The van der Waals surface area contributed by atoms with Crippen LogP contribution < -0.4 is 10.6 Å². The van der Waals surface area contributed by atoms with Crippen LogP contribution in [0, 0.1) is 6.92 Å². The van der Waals surface area contributed by atoms with Gasteiger partial charge in [0.15, 0.2) is 0 Å². The smallest absolute Gasteiger partial charge is 0.315 e. The Kier molecular flexibility index (Phi) is 5.48. The zero-order valence-corrected chi connectivity index (χ0v) is 15.0. The third-order valence-corrected chi connectivity index (χ3v) is 5.37. The van der Waals surface area contributed by atoms with Crippen LogP contribution in [-0.2, 0) is 6.54 Å². The maximum Gasteiger partial charge on any atom is 0.315 e. The second-order valence-electron chi connectivity index (χ2n) is 6.26. The molecule has 2 heterocycles. The Balaban J connectivity index is 1.44. The monoisotopic (exact) mass is 344 g/mol. The number of amides is 2. The van der Waals surface area contributed by atoms with Crippen LogP contribution >= 0.6 is 11.3 Å². The minimum Gasteiger partial charge on any atom is -0.334 e. The summed E-state index contributed by atoms with van der Waals surface area (Å²) in [5.74, 6) is 0. The molecule has 1 aromatic carbocycles. The molecule has 24 heavy (non-hydrogen) atoms. The van der Waals surface area contributed by atoms with Gasteiger partial charge in [0, 0.05) is 36.2 Å². The van der Waals surface area contributed by atoms with Gasteiger partial charge in [-0.3, -0.25) is 4.90 Å². The number of benzene rings is 1. The van der Waals surface area contributed by atoms with E-state index in [1.54, 1.807) is 11.3 Å². The van der Waals surface area contributed by atoms with Crippen LogP contribution in [-0.4, -0.2) is 35.0 Å². The van der Waals surface area contributed by atoms with Gasteiger partial charge in [0.1, 0.15) is 5.01 Å². The average molecular weight is 344 g/mol.